The van der Waals surface area contributed by atoms with Crippen molar-refractivity contribution < 1.29 is 19.1 Å². The minimum Gasteiger partial charge on any atom is -0.469 e. The van der Waals surface area contributed by atoms with E-state index in [0.29, 0.717) is 18.9 Å². The average Bonchev–Trinajstić information content (AvgIpc) is 2.62. The molecule has 0 spiro atoms. The van der Waals surface area contributed by atoms with Gasteiger partial charge in [0, 0.05) is 6.42 Å². The SMILES string of the molecule is CCCCCCCCCCCCOC(=O)C(CCC(=O)OC)CC(C)C. The molecule has 0 aliphatic rings. The highest BCUT2D eigenvalue weighted by Gasteiger charge is 2.22. The van der Waals surface area contributed by atoms with Crippen molar-refractivity contribution in [2.24, 2.45) is 11.8 Å². The summed E-state index contributed by atoms with van der Waals surface area (Å²) in [4.78, 5) is 23.6. The van der Waals surface area contributed by atoms with E-state index in [1.807, 2.05) is 0 Å². The molecule has 1 atom stereocenters. The lowest BCUT2D eigenvalue weighted by Crippen LogP contribution is -2.21. The van der Waals surface area contributed by atoms with Gasteiger partial charge >= 0.3 is 11.9 Å². The third kappa shape index (κ3) is 15.2. The number of hydrogen-bond acceptors (Lipinski definition) is 4. The van der Waals surface area contributed by atoms with E-state index in [1.165, 1.54) is 58.5 Å². The maximum atomic E-state index is 12.3. The van der Waals surface area contributed by atoms with E-state index in [9.17, 15) is 9.59 Å². The maximum absolute atomic E-state index is 12.3. The fraction of sp³-hybridized carbons (Fsp3) is 0.909. The summed E-state index contributed by atoms with van der Waals surface area (Å²) in [6, 6.07) is 0. The molecule has 26 heavy (non-hydrogen) atoms. The molecule has 1 unspecified atom stereocenters. The zero-order chi connectivity index (χ0) is 19.6. The normalized spacial score (nSPS) is 12.2. The molecule has 0 aliphatic carbocycles. The van der Waals surface area contributed by atoms with Crippen molar-refractivity contribution in [2.45, 2.75) is 104 Å². The Hall–Kier alpha value is -1.06. The molecule has 0 rings (SSSR count). The molecule has 0 amide bonds. The number of carbonyl (C=O) groups excluding carboxylic acids is 2. The van der Waals surface area contributed by atoms with Crippen LogP contribution in [0.25, 0.3) is 0 Å². The van der Waals surface area contributed by atoms with E-state index in [0.717, 1.165) is 19.3 Å². The van der Waals surface area contributed by atoms with Crippen LogP contribution in [0.1, 0.15) is 104 Å². The molecular formula is C22H42O4. The van der Waals surface area contributed by atoms with Crippen molar-refractivity contribution in [3.63, 3.8) is 0 Å². The summed E-state index contributed by atoms with van der Waals surface area (Å²) in [5.74, 6) is -0.209. The van der Waals surface area contributed by atoms with Gasteiger partial charge in [0.15, 0.2) is 0 Å². The van der Waals surface area contributed by atoms with Crippen molar-refractivity contribution in [3.05, 3.63) is 0 Å². The molecule has 0 saturated carbocycles. The van der Waals surface area contributed by atoms with E-state index in [1.54, 1.807) is 0 Å². The van der Waals surface area contributed by atoms with Crippen LogP contribution < -0.4 is 0 Å². The monoisotopic (exact) mass is 370 g/mol. The van der Waals surface area contributed by atoms with Crippen molar-refractivity contribution in [3.8, 4) is 0 Å². The molecule has 0 radical (unpaired) electrons. The van der Waals surface area contributed by atoms with Gasteiger partial charge in [-0.3, -0.25) is 9.59 Å². The van der Waals surface area contributed by atoms with Gasteiger partial charge in [-0.2, -0.15) is 0 Å². The number of hydrogen-bond donors (Lipinski definition) is 0. The number of esters is 2. The number of unbranched alkanes of at least 4 members (excludes halogenated alkanes) is 9. The van der Waals surface area contributed by atoms with E-state index in [4.69, 9.17) is 4.74 Å². The highest BCUT2D eigenvalue weighted by atomic mass is 16.5. The Labute approximate surface area is 161 Å². The molecule has 0 saturated heterocycles. The summed E-state index contributed by atoms with van der Waals surface area (Å²) in [6.07, 6.45) is 14.2. The van der Waals surface area contributed by atoms with Gasteiger partial charge in [0.1, 0.15) is 0 Å². The van der Waals surface area contributed by atoms with Crippen molar-refractivity contribution in [1.82, 2.24) is 0 Å². The standard InChI is InChI=1S/C22H42O4/c1-5-6-7-8-9-10-11-12-13-14-17-26-22(24)20(18-19(2)3)15-16-21(23)25-4/h19-20H,5-18H2,1-4H3. The van der Waals surface area contributed by atoms with E-state index < -0.39 is 0 Å². The van der Waals surface area contributed by atoms with Gasteiger partial charge in [-0.1, -0.05) is 78.6 Å². The predicted molar refractivity (Wildman–Crippen MR) is 107 cm³/mol. The smallest absolute Gasteiger partial charge is 0.308 e. The first-order valence-electron chi connectivity index (χ1n) is 10.7. The Morgan fingerprint density at radius 3 is 1.88 bits per heavy atom. The highest BCUT2D eigenvalue weighted by molar-refractivity contribution is 5.74. The van der Waals surface area contributed by atoms with E-state index in [2.05, 4.69) is 25.5 Å². The lowest BCUT2D eigenvalue weighted by atomic mass is 9.93. The number of carbonyl (C=O) groups is 2. The van der Waals surface area contributed by atoms with Crippen LogP contribution in [-0.4, -0.2) is 25.7 Å². The summed E-state index contributed by atoms with van der Waals surface area (Å²) in [7, 11) is 1.38. The van der Waals surface area contributed by atoms with Crippen molar-refractivity contribution in [2.75, 3.05) is 13.7 Å². The van der Waals surface area contributed by atoms with Gasteiger partial charge in [-0.05, 0) is 25.2 Å². The second-order valence-electron chi connectivity index (χ2n) is 7.79. The molecule has 0 heterocycles. The second-order valence-corrected chi connectivity index (χ2v) is 7.79. The predicted octanol–water partition coefficient (Wildman–Crippen LogP) is 6.07. The Bertz CT molecular complexity index is 352. The minimum absolute atomic E-state index is 0.154. The van der Waals surface area contributed by atoms with Crippen LogP contribution in [0.3, 0.4) is 0 Å². The molecule has 4 nitrogen and oxygen atoms in total. The first-order valence-corrected chi connectivity index (χ1v) is 10.7. The van der Waals surface area contributed by atoms with Gasteiger partial charge < -0.3 is 9.47 Å². The van der Waals surface area contributed by atoms with Crippen LogP contribution in [-0.2, 0) is 19.1 Å². The molecule has 154 valence electrons. The van der Waals surface area contributed by atoms with Gasteiger partial charge in [-0.25, -0.2) is 0 Å². The summed E-state index contributed by atoms with van der Waals surface area (Å²) in [5.41, 5.74) is 0. The van der Waals surface area contributed by atoms with Gasteiger partial charge in [-0.15, -0.1) is 0 Å². The minimum atomic E-state index is -0.263. The Morgan fingerprint density at radius 2 is 1.38 bits per heavy atom. The first-order chi connectivity index (χ1) is 12.5. The van der Waals surface area contributed by atoms with Gasteiger partial charge in [0.2, 0.25) is 0 Å². The van der Waals surface area contributed by atoms with Crippen LogP contribution in [0.4, 0.5) is 0 Å². The fourth-order valence-corrected chi connectivity index (χ4v) is 3.18. The number of methoxy groups -OCH3 is 1. The van der Waals surface area contributed by atoms with E-state index >= 15 is 0 Å². The summed E-state index contributed by atoms with van der Waals surface area (Å²) < 4.78 is 10.1. The molecule has 0 aromatic carbocycles. The molecular weight excluding hydrogens is 328 g/mol. The average molecular weight is 371 g/mol. The van der Waals surface area contributed by atoms with Crippen LogP contribution in [0.15, 0.2) is 0 Å². The second kappa shape index (κ2) is 17.4. The molecule has 0 aromatic rings. The Balaban J connectivity index is 3.76. The molecule has 0 N–H and O–H groups in total. The summed E-state index contributed by atoms with van der Waals surface area (Å²) in [6.45, 7) is 6.92. The third-order valence-corrected chi connectivity index (χ3v) is 4.76. The fourth-order valence-electron chi connectivity index (χ4n) is 3.18. The van der Waals surface area contributed by atoms with Gasteiger partial charge in [0.05, 0.1) is 19.6 Å². The molecule has 0 aliphatic heterocycles. The Morgan fingerprint density at radius 1 is 0.846 bits per heavy atom. The topological polar surface area (TPSA) is 52.6 Å². The molecule has 0 bridgehead atoms. The largest absolute Gasteiger partial charge is 0.469 e. The lowest BCUT2D eigenvalue weighted by molar-refractivity contribution is -0.150. The molecule has 4 heteroatoms. The first kappa shape index (κ1) is 24.9. The van der Waals surface area contributed by atoms with Crippen LogP contribution in [0.2, 0.25) is 0 Å². The zero-order valence-electron chi connectivity index (χ0n) is 17.7. The number of ether oxygens (including phenoxy) is 2. The zero-order valence-corrected chi connectivity index (χ0v) is 17.7. The quantitative estimate of drug-likeness (QED) is 0.230. The summed E-state index contributed by atoms with van der Waals surface area (Å²) in [5, 5.41) is 0. The van der Waals surface area contributed by atoms with Crippen LogP contribution in [0.5, 0.6) is 0 Å². The van der Waals surface area contributed by atoms with Crippen LogP contribution >= 0.6 is 0 Å². The highest BCUT2D eigenvalue weighted by Crippen LogP contribution is 2.19. The summed E-state index contributed by atoms with van der Waals surface area (Å²) >= 11 is 0. The van der Waals surface area contributed by atoms with Gasteiger partial charge in [0.25, 0.3) is 0 Å². The van der Waals surface area contributed by atoms with Crippen molar-refractivity contribution in [1.29, 1.82) is 0 Å². The Kier molecular flexibility index (Phi) is 16.7. The van der Waals surface area contributed by atoms with Crippen LogP contribution in [0, 0.1) is 11.8 Å². The third-order valence-electron chi connectivity index (χ3n) is 4.76. The molecule has 0 fully saturated rings. The lowest BCUT2D eigenvalue weighted by Gasteiger charge is -2.17. The van der Waals surface area contributed by atoms with E-state index in [-0.39, 0.29) is 24.3 Å². The maximum Gasteiger partial charge on any atom is 0.308 e. The molecule has 0 aromatic heterocycles. The number of rotatable bonds is 17. The van der Waals surface area contributed by atoms with Crippen molar-refractivity contribution >= 4 is 11.9 Å².